The monoisotopic (exact) mass is 473 g/mol. The van der Waals surface area contributed by atoms with Crippen molar-refractivity contribution in [1.82, 2.24) is 15.1 Å². The molecule has 0 bridgehead atoms. The number of hydrogen-bond donors (Lipinski definition) is 1. The summed E-state index contributed by atoms with van der Waals surface area (Å²) in [5.41, 5.74) is 0.921. The lowest BCUT2D eigenvalue weighted by Gasteiger charge is -2.40. The van der Waals surface area contributed by atoms with E-state index in [-0.39, 0.29) is 30.7 Å². The first-order valence-corrected chi connectivity index (χ1v) is 11.9. The van der Waals surface area contributed by atoms with Crippen molar-refractivity contribution in [2.75, 3.05) is 40.5 Å². The fourth-order valence-electron chi connectivity index (χ4n) is 3.79. The van der Waals surface area contributed by atoms with Gasteiger partial charge in [0.1, 0.15) is 11.8 Å². The number of carbonyl (C=O) groups is 3. The maximum absolute atomic E-state index is 13.1. The van der Waals surface area contributed by atoms with E-state index in [1.54, 1.807) is 30.5 Å². The summed E-state index contributed by atoms with van der Waals surface area (Å²) < 4.78 is 10.2. The number of aryl methyl sites for hydroxylation is 1. The zero-order chi connectivity index (χ0) is 23.6. The highest BCUT2D eigenvalue weighted by Crippen LogP contribution is 2.19. The standard InChI is InChI=1S/C24H31N3O5S/c1-31-13-12-26-17-23(29)27(11-3-5-20-6-4-14-33-20)21(24(26)30)15-22(28)25-16-18-7-9-19(32-2)10-8-18/h4,6-10,14,21H,3,5,11-13,15-17H2,1-2H3,(H,25,28). The molecule has 9 heteroatoms. The molecule has 0 spiro atoms. The number of thiophene rings is 1. The largest absolute Gasteiger partial charge is 0.497 e. The van der Waals surface area contributed by atoms with Crippen LogP contribution in [-0.4, -0.2) is 74.0 Å². The van der Waals surface area contributed by atoms with Crippen molar-refractivity contribution < 1.29 is 23.9 Å². The average molecular weight is 474 g/mol. The van der Waals surface area contributed by atoms with Crippen LogP contribution in [0.3, 0.4) is 0 Å². The van der Waals surface area contributed by atoms with Gasteiger partial charge in [-0.2, -0.15) is 0 Å². The molecule has 0 radical (unpaired) electrons. The van der Waals surface area contributed by atoms with E-state index in [2.05, 4.69) is 11.4 Å². The van der Waals surface area contributed by atoms with Gasteiger partial charge in [0.05, 0.1) is 26.7 Å². The Bertz CT molecular complexity index is 917. The Hall–Kier alpha value is -2.91. The van der Waals surface area contributed by atoms with E-state index in [0.29, 0.717) is 26.2 Å². The molecule has 178 valence electrons. The molecule has 0 saturated carbocycles. The van der Waals surface area contributed by atoms with Gasteiger partial charge in [-0.15, -0.1) is 11.3 Å². The minimum Gasteiger partial charge on any atom is -0.497 e. The Labute approximate surface area is 198 Å². The number of benzene rings is 1. The zero-order valence-corrected chi connectivity index (χ0v) is 19.9. The minimum atomic E-state index is -0.803. The second-order valence-electron chi connectivity index (χ2n) is 7.87. The predicted octanol–water partition coefficient (Wildman–Crippen LogP) is 2.08. The van der Waals surface area contributed by atoms with Gasteiger partial charge in [0.25, 0.3) is 0 Å². The van der Waals surface area contributed by atoms with Crippen molar-refractivity contribution in [2.45, 2.75) is 31.8 Å². The quantitative estimate of drug-likeness (QED) is 0.510. The van der Waals surface area contributed by atoms with Crippen LogP contribution >= 0.6 is 11.3 Å². The van der Waals surface area contributed by atoms with Crippen LogP contribution in [0.2, 0.25) is 0 Å². The first-order valence-electron chi connectivity index (χ1n) is 11.0. The molecular weight excluding hydrogens is 442 g/mol. The number of amides is 3. The van der Waals surface area contributed by atoms with Gasteiger partial charge in [-0.05, 0) is 42.0 Å². The number of nitrogens with zero attached hydrogens (tertiary/aromatic N) is 2. The molecule has 33 heavy (non-hydrogen) atoms. The van der Waals surface area contributed by atoms with E-state index < -0.39 is 6.04 Å². The fraction of sp³-hybridized carbons (Fsp3) is 0.458. The third kappa shape index (κ3) is 7.03. The molecule has 8 nitrogen and oxygen atoms in total. The first kappa shape index (κ1) is 24.7. The van der Waals surface area contributed by atoms with Gasteiger partial charge < -0.3 is 24.6 Å². The molecule has 2 aromatic rings. The van der Waals surface area contributed by atoms with Gasteiger partial charge in [0.2, 0.25) is 17.7 Å². The Balaban J connectivity index is 1.62. The summed E-state index contributed by atoms with van der Waals surface area (Å²) in [4.78, 5) is 43.1. The summed E-state index contributed by atoms with van der Waals surface area (Å²) >= 11 is 1.67. The van der Waals surface area contributed by atoms with Crippen LogP contribution in [0.15, 0.2) is 41.8 Å². The number of piperazine rings is 1. The molecule has 0 aliphatic carbocycles. The van der Waals surface area contributed by atoms with Crippen molar-refractivity contribution in [3.63, 3.8) is 0 Å². The van der Waals surface area contributed by atoms with Gasteiger partial charge in [0, 0.05) is 31.6 Å². The molecule has 1 N–H and O–H groups in total. The van der Waals surface area contributed by atoms with E-state index in [0.717, 1.165) is 24.2 Å². The molecule has 3 amide bonds. The summed E-state index contributed by atoms with van der Waals surface area (Å²) in [6, 6.07) is 10.7. The van der Waals surface area contributed by atoms with Crippen LogP contribution in [0.5, 0.6) is 5.75 Å². The van der Waals surface area contributed by atoms with Gasteiger partial charge in [0.15, 0.2) is 0 Å². The molecule has 1 unspecified atom stereocenters. The topological polar surface area (TPSA) is 88.2 Å². The van der Waals surface area contributed by atoms with E-state index in [4.69, 9.17) is 9.47 Å². The van der Waals surface area contributed by atoms with Crippen LogP contribution < -0.4 is 10.1 Å². The van der Waals surface area contributed by atoms with Crippen LogP contribution in [0.1, 0.15) is 23.3 Å². The summed E-state index contributed by atoms with van der Waals surface area (Å²) in [6.45, 7) is 1.47. The number of rotatable bonds is 12. The summed E-state index contributed by atoms with van der Waals surface area (Å²) in [5, 5.41) is 4.89. The lowest BCUT2D eigenvalue weighted by atomic mass is 10.0. The number of nitrogens with one attached hydrogen (secondary N) is 1. The second-order valence-corrected chi connectivity index (χ2v) is 8.90. The van der Waals surface area contributed by atoms with Crippen LogP contribution in [0.4, 0.5) is 0 Å². The van der Waals surface area contributed by atoms with E-state index in [1.807, 2.05) is 35.7 Å². The van der Waals surface area contributed by atoms with Crippen molar-refractivity contribution in [3.8, 4) is 5.75 Å². The molecule has 2 heterocycles. The third-order valence-corrected chi connectivity index (χ3v) is 6.55. The van der Waals surface area contributed by atoms with Gasteiger partial charge in [-0.1, -0.05) is 18.2 Å². The summed E-state index contributed by atoms with van der Waals surface area (Å²) in [6.07, 6.45) is 1.50. The van der Waals surface area contributed by atoms with E-state index in [1.165, 1.54) is 9.78 Å². The molecule has 1 fully saturated rings. The highest BCUT2D eigenvalue weighted by Gasteiger charge is 2.39. The van der Waals surface area contributed by atoms with E-state index in [9.17, 15) is 14.4 Å². The summed E-state index contributed by atoms with van der Waals surface area (Å²) in [5.74, 6) is 0.131. The minimum absolute atomic E-state index is 0.0190. The van der Waals surface area contributed by atoms with Crippen LogP contribution in [0.25, 0.3) is 0 Å². The lowest BCUT2D eigenvalue weighted by Crippen LogP contribution is -2.61. The third-order valence-electron chi connectivity index (χ3n) is 5.61. The summed E-state index contributed by atoms with van der Waals surface area (Å²) in [7, 11) is 3.15. The molecule has 1 aromatic carbocycles. The Kier molecular flexibility index (Phi) is 9.26. The maximum Gasteiger partial charge on any atom is 0.246 e. The molecule has 3 rings (SSSR count). The molecule has 1 saturated heterocycles. The number of hydrogen-bond acceptors (Lipinski definition) is 6. The highest BCUT2D eigenvalue weighted by molar-refractivity contribution is 7.09. The second kappa shape index (κ2) is 12.4. The van der Waals surface area contributed by atoms with Crippen LogP contribution in [0, 0.1) is 0 Å². The molecule has 1 aromatic heterocycles. The smallest absolute Gasteiger partial charge is 0.246 e. The normalized spacial score (nSPS) is 16.2. The fourth-order valence-corrected chi connectivity index (χ4v) is 4.54. The van der Waals surface area contributed by atoms with Crippen molar-refractivity contribution in [1.29, 1.82) is 0 Å². The molecule has 1 atom stereocenters. The van der Waals surface area contributed by atoms with Gasteiger partial charge in [-0.25, -0.2) is 0 Å². The number of carbonyl (C=O) groups excluding carboxylic acids is 3. The Morgan fingerprint density at radius 3 is 2.61 bits per heavy atom. The van der Waals surface area contributed by atoms with Gasteiger partial charge >= 0.3 is 0 Å². The number of methoxy groups -OCH3 is 2. The zero-order valence-electron chi connectivity index (χ0n) is 19.1. The van der Waals surface area contributed by atoms with Crippen LogP contribution in [-0.2, 0) is 32.1 Å². The Morgan fingerprint density at radius 1 is 1.15 bits per heavy atom. The average Bonchev–Trinajstić information content (AvgIpc) is 3.34. The lowest BCUT2D eigenvalue weighted by molar-refractivity contribution is -0.157. The molecule has 1 aliphatic rings. The van der Waals surface area contributed by atoms with Crippen molar-refractivity contribution >= 4 is 29.1 Å². The highest BCUT2D eigenvalue weighted by atomic mass is 32.1. The Morgan fingerprint density at radius 2 is 1.94 bits per heavy atom. The SMILES string of the molecule is COCCN1CC(=O)N(CCCc2cccs2)C(CC(=O)NCc2ccc(OC)cc2)C1=O. The predicted molar refractivity (Wildman–Crippen MR) is 126 cm³/mol. The molecular formula is C24H31N3O5S. The molecule has 1 aliphatic heterocycles. The van der Waals surface area contributed by atoms with Crippen molar-refractivity contribution in [2.24, 2.45) is 0 Å². The first-order chi connectivity index (χ1) is 16.0. The van der Waals surface area contributed by atoms with Crippen molar-refractivity contribution in [3.05, 3.63) is 52.2 Å². The maximum atomic E-state index is 13.1. The van der Waals surface area contributed by atoms with Gasteiger partial charge in [-0.3, -0.25) is 14.4 Å². The number of ether oxygens (including phenoxy) is 2. The van der Waals surface area contributed by atoms with E-state index >= 15 is 0 Å².